The van der Waals surface area contributed by atoms with Gasteiger partial charge in [-0.25, -0.2) is 9.98 Å². The molecule has 0 atom stereocenters. The molecule has 3 rings (SSSR count). The SMILES string of the molecule is CCOc1ccc(/C=C2\S/C(=N/c3ccccn3)N(C)C2=O)cc1. The summed E-state index contributed by atoms with van der Waals surface area (Å²) in [5, 5.41) is 0.621. The highest BCUT2D eigenvalue weighted by atomic mass is 32.2. The van der Waals surface area contributed by atoms with Crippen LogP contribution in [0.5, 0.6) is 5.75 Å². The van der Waals surface area contributed by atoms with Crippen LogP contribution in [0.3, 0.4) is 0 Å². The highest BCUT2D eigenvalue weighted by molar-refractivity contribution is 8.18. The summed E-state index contributed by atoms with van der Waals surface area (Å²) in [6.07, 6.45) is 3.54. The maximum atomic E-state index is 12.4. The van der Waals surface area contributed by atoms with E-state index >= 15 is 0 Å². The van der Waals surface area contributed by atoms with Gasteiger partial charge >= 0.3 is 0 Å². The van der Waals surface area contributed by atoms with E-state index in [0.717, 1.165) is 11.3 Å². The topological polar surface area (TPSA) is 54.8 Å². The Balaban J connectivity index is 1.82. The average molecular weight is 339 g/mol. The van der Waals surface area contributed by atoms with Gasteiger partial charge in [-0.3, -0.25) is 9.69 Å². The van der Waals surface area contributed by atoms with E-state index in [1.54, 1.807) is 24.2 Å². The van der Waals surface area contributed by atoms with Crippen LogP contribution in [0.25, 0.3) is 6.08 Å². The van der Waals surface area contributed by atoms with E-state index in [1.165, 1.54) is 11.8 Å². The second-order valence-electron chi connectivity index (χ2n) is 5.06. The highest BCUT2D eigenvalue weighted by Crippen LogP contribution is 2.32. The number of likely N-dealkylation sites (N-methyl/N-ethyl adjacent to an activating group) is 1. The number of amidine groups is 1. The van der Waals surface area contributed by atoms with Crippen molar-refractivity contribution in [3.05, 3.63) is 59.1 Å². The quantitative estimate of drug-likeness (QED) is 0.797. The molecule has 0 radical (unpaired) electrons. The van der Waals surface area contributed by atoms with Crippen LogP contribution in [-0.2, 0) is 4.79 Å². The van der Waals surface area contributed by atoms with Gasteiger partial charge in [0.15, 0.2) is 11.0 Å². The first-order valence-electron chi connectivity index (χ1n) is 7.57. The van der Waals surface area contributed by atoms with Gasteiger partial charge in [0.25, 0.3) is 5.91 Å². The summed E-state index contributed by atoms with van der Waals surface area (Å²) in [5.74, 6) is 1.34. The molecule has 5 nitrogen and oxygen atoms in total. The minimum atomic E-state index is -0.0661. The van der Waals surface area contributed by atoms with Gasteiger partial charge < -0.3 is 4.74 Å². The van der Waals surface area contributed by atoms with Gasteiger partial charge in [-0.1, -0.05) is 18.2 Å². The number of carbonyl (C=O) groups excluding carboxylic acids is 1. The number of carbonyl (C=O) groups is 1. The fourth-order valence-corrected chi connectivity index (χ4v) is 3.12. The van der Waals surface area contributed by atoms with Gasteiger partial charge in [0.2, 0.25) is 0 Å². The first kappa shape index (κ1) is 16.3. The molecule has 0 saturated carbocycles. The predicted molar refractivity (Wildman–Crippen MR) is 97.3 cm³/mol. The van der Waals surface area contributed by atoms with E-state index in [9.17, 15) is 4.79 Å². The number of ether oxygens (including phenoxy) is 1. The Morgan fingerprint density at radius 1 is 1.25 bits per heavy atom. The molecule has 2 aromatic rings. The molecular formula is C18H17N3O2S. The molecule has 122 valence electrons. The number of amides is 1. The standard InChI is InChI=1S/C18H17N3O2S/c1-3-23-14-9-7-13(8-10-14)12-15-17(22)21(2)18(24-15)20-16-6-4-5-11-19-16/h4-12H,3H2,1-2H3/b15-12-,20-18+. The summed E-state index contributed by atoms with van der Waals surface area (Å²) < 4.78 is 5.43. The molecule has 1 aromatic carbocycles. The first-order valence-corrected chi connectivity index (χ1v) is 8.39. The van der Waals surface area contributed by atoms with E-state index < -0.39 is 0 Å². The number of aromatic nitrogens is 1. The van der Waals surface area contributed by atoms with Gasteiger partial charge in [-0.05, 0) is 54.6 Å². The highest BCUT2D eigenvalue weighted by Gasteiger charge is 2.30. The van der Waals surface area contributed by atoms with Gasteiger partial charge in [-0.2, -0.15) is 0 Å². The van der Waals surface area contributed by atoms with Crippen LogP contribution in [0.2, 0.25) is 0 Å². The van der Waals surface area contributed by atoms with Gasteiger partial charge in [-0.15, -0.1) is 0 Å². The second kappa shape index (κ2) is 7.31. The number of aliphatic imine (C=N–C) groups is 1. The largest absolute Gasteiger partial charge is 0.494 e. The van der Waals surface area contributed by atoms with E-state index in [0.29, 0.717) is 22.5 Å². The first-order chi connectivity index (χ1) is 11.7. The minimum absolute atomic E-state index is 0.0661. The maximum Gasteiger partial charge on any atom is 0.266 e. The molecule has 1 aliphatic heterocycles. The van der Waals surface area contributed by atoms with Crippen molar-refractivity contribution in [2.75, 3.05) is 13.7 Å². The Hall–Kier alpha value is -2.60. The zero-order valence-corrected chi connectivity index (χ0v) is 14.3. The summed E-state index contributed by atoms with van der Waals surface area (Å²) in [4.78, 5) is 23.2. The van der Waals surface area contributed by atoms with E-state index in [2.05, 4.69) is 9.98 Å². The fourth-order valence-electron chi connectivity index (χ4n) is 2.15. The molecule has 6 heteroatoms. The van der Waals surface area contributed by atoms with E-state index in [4.69, 9.17) is 4.74 Å². The molecule has 1 aromatic heterocycles. The third-order valence-electron chi connectivity index (χ3n) is 3.35. The maximum absolute atomic E-state index is 12.4. The summed E-state index contributed by atoms with van der Waals surface area (Å²) in [6, 6.07) is 13.2. The monoisotopic (exact) mass is 339 g/mol. The smallest absolute Gasteiger partial charge is 0.266 e. The number of pyridine rings is 1. The lowest BCUT2D eigenvalue weighted by Gasteiger charge is -2.06. The zero-order valence-electron chi connectivity index (χ0n) is 13.5. The lowest BCUT2D eigenvalue weighted by atomic mass is 10.2. The molecule has 1 fully saturated rings. The van der Waals surface area contributed by atoms with Crippen LogP contribution in [0.15, 0.2) is 58.6 Å². The molecule has 1 saturated heterocycles. The molecule has 0 N–H and O–H groups in total. The summed E-state index contributed by atoms with van der Waals surface area (Å²) in [6.45, 7) is 2.58. The van der Waals surface area contributed by atoms with E-state index in [-0.39, 0.29) is 5.91 Å². The van der Waals surface area contributed by atoms with Crippen LogP contribution in [0, 0.1) is 0 Å². The van der Waals surface area contributed by atoms with E-state index in [1.807, 2.05) is 49.4 Å². The van der Waals surface area contributed by atoms with Gasteiger partial charge in [0.05, 0.1) is 11.5 Å². The molecular weight excluding hydrogens is 322 g/mol. The number of hydrogen-bond donors (Lipinski definition) is 0. The number of thioether (sulfide) groups is 1. The predicted octanol–water partition coefficient (Wildman–Crippen LogP) is 3.71. The number of hydrogen-bond acceptors (Lipinski definition) is 5. The molecule has 0 spiro atoms. The Bertz CT molecular complexity index is 786. The molecule has 1 amide bonds. The Morgan fingerprint density at radius 2 is 2.04 bits per heavy atom. The van der Waals surface area contributed by atoms with Crippen LogP contribution < -0.4 is 4.74 Å². The number of nitrogens with zero attached hydrogens (tertiary/aromatic N) is 3. The Kier molecular flexibility index (Phi) is 4.96. The normalized spacial score (nSPS) is 17.8. The third kappa shape index (κ3) is 3.65. The average Bonchev–Trinajstić information content (AvgIpc) is 2.86. The molecule has 24 heavy (non-hydrogen) atoms. The Morgan fingerprint density at radius 3 is 2.71 bits per heavy atom. The van der Waals surface area contributed by atoms with Gasteiger partial charge in [0, 0.05) is 13.2 Å². The minimum Gasteiger partial charge on any atom is -0.494 e. The van der Waals surface area contributed by atoms with Crippen LogP contribution in [-0.4, -0.2) is 34.6 Å². The Labute approximate surface area is 145 Å². The summed E-state index contributed by atoms with van der Waals surface area (Å²) in [7, 11) is 1.72. The number of rotatable bonds is 4. The molecule has 0 bridgehead atoms. The van der Waals surface area contributed by atoms with Crippen LogP contribution in [0.1, 0.15) is 12.5 Å². The summed E-state index contributed by atoms with van der Waals surface area (Å²) in [5.41, 5.74) is 0.946. The molecule has 0 aliphatic carbocycles. The summed E-state index contributed by atoms with van der Waals surface area (Å²) >= 11 is 1.35. The van der Waals surface area contributed by atoms with Crippen molar-refractivity contribution in [2.24, 2.45) is 4.99 Å². The second-order valence-corrected chi connectivity index (χ2v) is 6.07. The molecule has 1 aliphatic rings. The third-order valence-corrected chi connectivity index (χ3v) is 4.41. The lowest BCUT2D eigenvalue weighted by Crippen LogP contribution is -2.23. The van der Waals surface area contributed by atoms with Gasteiger partial charge in [0.1, 0.15) is 5.75 Å². The van der Waals surface area contributed by atoms with Crippen molar-refractivity contribution in [3.8, 4) is 5.75 Å². The molecule has 0 unspecified atom stereocenters. The van der Waals surface area contributed by atoms with Crippen molar-refractivity contribution >= 4 is 34.7 Å². The zero-order chi connectivity index (χ0) is 16.9. The van der Waals surface area contributed by atoms with Crippen molar-refractivity contribution in [2.45, 2.75) is 6.92 Å². The van der Waals surface area contributed by atoms with Crippen molar-refractivity contribution in [1.82, 2.24) is 9.88 Å². The van der Waals surface area contributed by atoms with Crippen molar-refractivity contribution in [3.63, 3.8) is 0 Å². The van der Waals surface area contributed by atoms with Crippen LogP contribution in [0.4, 0.5) is 5.82 Å². The van der Waals surface area contributed by atoms with Crippen molar-refractivity contribution in [1.29, 1.82) is 0 Å². The van der Waals surface area contributed by atoms with Crippen molar-refractivity contribution < 1.29 is 9.53 Å². The molecule has 2 heterocycles. The van der Waals surface area contributed by atoms with Crippen LogP contribution >= 0.6 is 11.8 Å². The lowest BCUT2D eigenvalue weighted by molar-refractivity contribution is -0.121. The fraction of sp³-hybridized carbons (Fsp3) is 0.167. The number of benzene rings is 1.